The molecule has 1 aromatic heterocycles. The Morgan fingerprint density at radius 2 is 1.91 bits per heavy atom. The Kier molecular flexibility index (Phi) is 6.08. The van der Waals surface area contributed by atoms with Crippen molar-refractivity contribution in [1.82, 2.24) is 20.1 Å². The highest BCUT2D eigenvalue weighted by molar-refractivity contribution is 7.11. The summed E-state index contributed by atoms with van der Waals surface area (Å²) >= 11 is 1.23. The van der Waals surface area contributed by atoms with Gasteiger partial charge < -0.3 is 20.1 Å². The molecule has 1 unspecified atom stereocenters. The Hall–Kier alpha value is -2.37. The van der Waals surface area contributed by atoms with Gasteiger partial charge in [0.2, 0.25) is 11.8 Å². The number of hydrogen-bond donors (Lipinski definition) is 2. The van der Waals surface area contributed by atoms with Crippen molar-refractivity contribution in [2.75, 3.05) is 33.3 Å². The molecule has 180 valence electrons. The number of aliphatic hydroxyl groups excluding tert-OH is 1. The molecular formula is C22H30N4O6S. The maximum Gasteiger partial charge on any atom is 0.331 e. The maximum absolute atomic E-state index is 14.0. The zero-order chi connectivity index (χ0) is 24.1. The van der Waals surface area contributed by atoms with Crippen LogP contribution >= 0.6 is 11.3 Å². The van der Waals surface area contributed by atoms with Crippen molar-refractivity contribution in [3.05, 3.63) is 16.6 Å². The first kappa shape index (κ1) is 23.8. The van der Waals surface area contributed by atoms with Crippen molar-refractivity contribution in [3.8, 4) is 0 Å². The van der Waals surface area contributed by atoms with E-state index < -0.39 is 47.2 Å². The first-order valence-corrected chi connectivity index (χ1v) is 11.9. The lowest BCUT2D eigenvalue weighted by Gasteiger charge is -2.44. The summed E-state index contributed by atoms with van der Waals surface area (Å²) in [7, 11) is 1.16. The monoisotopic (exact) mass is 478 g/mol. The Morgan fingerprint density at radius 3 is 2.36 bits per heavy atom. The summed E-state index contributed by atoms with van der Waals surface area (Å²) < 4.78 is 4.84. The number of aliphatic hydroxyl groups is 1. The lowest BCUT2D eigenvalue weighted by Crippen LogP contribution is -2.64. The van der Waals surface area contributed by atoms with E-state index in [2.05, 4.69) is 10.3 Å². The number of likely N-dealkylation sites (tertiary alicyclic amines) is 1. The van der Waals surface area contributed by atoms with Crippen LogP contribution in [0.5, 0.6) is 0 Å². The van der Waals surface area contributed by atoms with Crippen LogP contribution in [0.15, 0.2) is 11.7 Å². The minimum atomic E-state index is -1.44. The fourth-order valence-electron chi connectivity index (χ4n) is 4.99. The van der Waals surface area contributed by atoms with Gasteiger partial charge in [0.15, 0.2) is 6.04 Å². The summed E-state index contributed by atoms with van der Waals surface area (Å²) in [5.41, 5.74) is 0.761. The summed E-state index contributed by atoms with van der Waals surface area (Å²) in [4.78, 5) is 60.0. The molecule has 3 aliphatic rings. The van der Waals surface area contributed by atoms with Crippen LogP contribution in [-0.2, 0) is 19.1 Å². The second-order valence-corrected chi connectivity index (χ2v) is 11.0. The highest BCUT2D eigenvalue weighted by atomic mass is 32.1. The van der Waals surface area contributed by atoms with E-state index in [0.717, 1.165) is 12.0 Å². The molecule has 2 N–H and O–H groups in total. The molecule has 33 heavy (non-hydrogen) atoms. The van der Waals surface area contributed by atoms with Gasteiger partial charge in [-0.25, -0.2) is 4.79 Å². The van der Waals surface area contributed by atoms with Crippen LogP contribution in [-0.4, -0.2) is 89.0 Å². The number of thiazole rings is 1. The van der Waals surface area contributed by atoms with Crippen LogP contribution in [0, 0.1) is 22.7 Å². The van der Waals surface area contributed by atoms with E-state index in [9.17, 15) is 24.3 Å². The highest BCUT2D eigenvalue weighted by Gasteiger charge is 2.60. The first-order valence-electron chi connectivity index (χ1n) is 11.0. The molecule has 0 bridgehead atoms. The number of amides is 3. The van der Waals surface area contributed by atoms with Gasteiger partial charge in [-0.15, -0.1) is 11.3 Å². The van der Waals surface area contributed by atoms with Gasteiger partial charge in [-0.1, -0.05) is 13.8 Å². The van der Waals surface area contributed by atoms with Crippen LogP contribution in [0.1, 0.15) is 36.9 Å². The van der Waals surface area contributed by atoms with Crippen LogP contribution in [0.3, 0.4) is 0 Å². The summed E-state index contributed by atoms with van der Waals surface area (Å²) in [6.45, 7) is 6.74. The number of imide groups is 1. The molecule has 1 aliphatic carbocycles. The molecule has 1 spiro atoms. The van der Waals surface area contributed by atoms with Gasteiger partial charge in [0.05, 0.1) is 30.8 Å². The van der Waals surface area contributed by atoms with E-state index in [1.54, 1.807) is 10.4 Å². The SMILES string of the molecule is COC(=O)[C@H]([C@@H](C)O)N(C(=O)C1CN(C(=O)c2cncs2)CC12CNC2)C(=O)[C@H]1CC1(C)C. The van der Waals surface area contributed by atoms with Crippen molar-refractivity contribution < 1.29 is 29.0 Å². The van der Waals surface area contributed by atoms with Gasteiger partial charge in [-0.3, -0.25) is 24.3 Å². The fraction of sp³-hybridized carbons (Fsp3) is 0.682. The highest BCUT2D eigenvalue weighted by Crippen LogP contribution is 2.53. The zero-order valence-electron chi connectivity index (χ0n) is 19.2. The Labute approximate surface area is 196 Å². The molecule has 11 heteroatoms. The third-order valence-electron chi connectivity index (χ3n) is 7.29. The number of hydrogen-bond acceptors (Lipinski definition) is 9. The van der Waals surface area contributed by atoms with Crippen molar-refractivity contribution in [2.24, 2.45) is 22.7 Å². The second-order valence-electron chi connectivity index (χ2n) is 10.1. The summed E-state index contributed by atoms with van der Waals surface area (Å²) in [5.74, 6) is -3.18. The number of rotatable bonds is 6. The average molecular weight is 479 g/mol. The van der Waals surface area contributed by atoms with E-state index in [4.69, 9.17) is 4.74 Å². The number of aromatic nitrogens is 1. The Bertz CT molecular complexity index is 958. The van der Waals surface area contributed by atoms with Gasteiger partial charge in [-0.05, 0) is 18.8 Å². The van der Waals surface area contributed by atoms with Crippen LogP contribution in [0.4, 0.5) is 0 Å². The number of carbonyl (C=O) groups is 4. The quantitative estimate of drug-likeness (QED) is 0.436. The minimum Gasteiger partial charge on any atom is -0.467 e. The normalized spacial score (nSPS) is 26.3. The number of esters is 1. The van der Waals surface area contributed by atoms with E-state index in [-0.39, 0.29) is 17.9 Å². The number of nitrogens with one attached hydrogen (secondary N) is 1. The molecule has 2 aliphatic heterocycles. The number of carbonyl (C=O) groups excluding carboxylic acids is 4. The molecule has 2 saturated heterocycles. The number of ether oxygens (including phenoxy) is 1. The second kappa shape index (κ2) is 8.44. The van der Waals surface area contributed by atoms with Crippen molar-refractivity contribution >= 4 is 35.0 Å². The van der Waals surface area contributed by atoms with Crippen molar-refractivity contribution in [3.63, 3.8) is 0 Å². The summed E-state index contributed by atoms with van der Waals surface area (Å²) in [6.07, 6.45) is 0.787. The number of nitrogens with zero attached hydrogens (tertiary/aromatic N) is 3. The zero-order valence-corrected chi connectivity index (χ0v) is 20.1. The Balaban J connectivity index is 1.66. The lowest BCUT2D eigenvalue weighted by molar-refractivity contribution is -0.168. The van der Waals surface area contributed by atoms with E-state index in [1.807, 2.05) is 13.8 Å². The maximum atomic E-state index is 14.0. The minimum absolute atomic E-state index is 0.128. The largest absolute Gasteiger partial charge is 0.467 e. The third-order valence-corrected chi connectivity index (χ3v) is 8.06. The van der Waals surface area contributed by atoms with Crippen molar-refractivity contribution in [2.45, 2.75) is 39.3 Å². The standard InChI is InChI=1S/C22H30N4O6S/c1-12(27)16(20(31)32-4)26(17(28)13-5-21(13,2)3)18(29)14-7-25(10-22(14)8-24-9-22)19(30)15-6-23-11-33-15/h6,11-14,16,24,27H,5,7-10H2,1-4H3/t12-,13-,14?,16+/m1/s1. The smallest absolute Gasteiger partial charge is 0.331 e. The molecule has 4 atom stereocenters. The number of methoxy groups -OCH3 is 1. The topological polar surface area (TPSA) is 129 Å². The molecule has 3 fully saturated rings. The van der Waals surface area contributed by atoms with Crippen LogP contribution in [0.25, 0.3) is 0 Å². The lowest BCUT2D eigenvalue weighted by atomic mass is 9.72. The molecule has 10 nitrogen and oxygen atoms in total. The average Bonchev–Trinajstić information content (AvgIpc) is 3.14. The van der Waals surface area contributed by atoms with E-state index in [1.165, 1.54) is 24.5 Å². The van der Waals surface area contributed by atoms with Gasteiger partial charge in [0.25, 0.3) is 5.91 Å². The first-order chi connectivity index (χ1) is 15.5. The van der Waals surface area contributed by atoms with Gasteiger partial charge in [0.1, 0.15) is 4.88 Å². The molecule has 0 aromatic carbocycles. The molecule has 4 rings (SSSR count). The van der Waals surface area contributed by atoms with Crippen molar-refractivity contribution in [1.29, 1.82) is 0 Å². The summed E-state index contributed by atoms with van der Waals surface area (Å²) in [6, 6.07) is -1.44. The molecule has 3 amide bonds. The fourth-order valence-corrected chi connectivity index (χ4v) is 5.58. The van der Waals surface area contributed by atoms with E-state index >= 15 is 0 Å². The summed E-state index contributed by atoms with van der Waals surface area (Å²) in [5, 5.41) is 13.6. The predicted octanol–water partition coefficient (Wildman–Crippen LogP) is 0.128. The molecular weight excluding hydrogens is 448 g/mol. The van der Waals surface area contributed by atoms with Gasteiger partial charge in [-0.2, -0.15) is 0 Å². The van der Waals surface area contributed by atoms with Crippen LogP contribution < -0.4 is 5.32 Å². The Morgan fingerprint density at radius 1 is 1.27 bits per heavy atom. The van der Waals surface area contributed by atoms with E-state index in [0.29, 0.717) is 30.9 Å². The molecule has 1 aromatic rings. The molecule has 3 heterocycles. The van der Waals surface area contributed by atoms with Crippen LogP contribution in [0.2, 0.25) is 0 Å². The molecule has 1 saturated carbocycles. The molecule has 0 radical (unpaired) electrons. The van der Waals surface area contributed by atoms with Gasteiger partial charge >= 0.3 is 5.97 Å². The third kappa shape index (κ3) is 4.06. The predicted molar refractivity (Wildman–Crippen MR) is 118 cm³/mol. The van der Waals surface area contributed by atoms with Gasteiger partial charge in [0, 0.05) is 37.5 Å².